The number of aliphatic imine (C=N–C) groups is 1. The number of phenolic OH excluding ortho intramolecular Hbond substituents is 2. The zero-order valence-corrected chi connectivity index (χ0v) is 15.0. The number of benzene rings is 3. The number of hydrogen-bond acceptors (Lipinski definition) is 4. The Morgan fingerprint density at radius 2 is 1.52 bits per heavy atom. The number of ether oxygens (including phenoxy) is 1. The second-order valence-electron chi connectivity index (χ2n) is 6.04. The van der Waals surface area contributed by atoms with Crippen molar-refractivity contribution in [2.24, 2.45) is 4.99 Å². The van der Waals surface area contributed by atoms with E-state index in [1.807, 2.05) is 54.6 Å². The molecule has 3 rings (SSSR count). The molecule has 0 aliphatic heterocycles. The van der Waals surface area contributed by atoms with Crippen LogP contribution in [-0.2, 0) is 6.54 Å². The highest BCUT2D eigenvalue weighted by Gasteiger charge is 2.02. The first-order valence-electron chi connectivity index (χ1n) is 8.57. The van der Waals surface area contributed by atoms with Crippen LogP contribution in [0.25, 0.3) is 12.2 Å². The van der Waals surface area contributed by atoms with Gasteiger partial charge in [-0.3, -0.25) is 4.99 Å². The molecule has 0 atom stereocenters. The molecule has 0 aliphatic rings. The van der Waals surface area contributed by atoms with Gasteiger partial charge in [0.1, 0.15) is 5.75 Å². The molecule has 0 bridgehead atoms. The van der Waals surface area contributed by atoms with E-state index in [-0.39, 0.29) is 11.5 Å². The molecule has 0 heterocycles. The molecule has 0 spiro atoms. The predicted molar refractivity (Wildman–Crippen MR) is 109 cm³/mol. The lowest BCUT2D eigenvalue weighted by atomic mass is 10.1. The number of methoxy groups -OCH3 is 1. The van der Waals surface area contributed by atoms with Crippen molar-refractivity contribution in [3.63, 3.8) is 0 Å². The summed E-state index contributed by atoms with van der Waals surface area (Å²) in [7, 11) is 1.52. The number of hydrogen-bond donors (Lipinski definition) is 2. The van der Waals surface area contributed by atoms with Crippen LogP contribution in [0.1, 0.15) is 22.3 Å². The molecule has 0 saturated heterocycles. The van der Waals surface area contributed by atoms with Crippen LogP contribution in [0.3, 0.4) is 0 Å². The minimum absolute atomic E-state index is 0.108. The molecular weight excluding hydrogens is 338 g/mol. The van der Waals surface area contributed by atoms with Crippen LogP contribution in [0.15, 0.2) is 71.7 Å². The van der Waals surface area contributed by atoms with E-state index in [1.165, 1.54) is 7.11 Å². The van der Waals surface area contributed by atoms with Gasteiger partial charge in [-0.15, -0.1) is 0 Å². The molecule has 2 N–H and O–H groups in total. The lowest BCUT2D eigenvalue weighted by molar-refractivity contribution is 0.373. The van der Waals surface area contributed by atoms with E-state index in [0.717, 1.165) is 16.7 Å². The molecule has 4 heteroatoms. The van der Waals surface area contributed by atoms with Gasteiger partial charge in [0.05, 0.1) is 13.7 Å². The number of aromatic hydroxyl groups is 2. The first kappa shape index (κ1) is 18.3. The Hall–Kier alpha value is -3.53. The molecule has 3 aromatic rings. The van der Waals surface area contributed by atoms with E-state index in [0.29, 0.717) is 17.9 Å². The van der Waals surface area contributed by atoms with Gasteiger partial charge in [0, 0.05) is 11.8 Å². The summed E-state index contributed by atoms with van der Waals surface area (Å²) < 4.78 is 5.12. The molecule has 0 aromatic heterocycles. The molecule has 0 amide bonds. The Kier molecular flexibility index (Phi) is 5.90. The van der Waals surface area contributed by atoms with Crippen LogP contribution in [0.4, 0.5) is 0 Å². The largest absolute Gasteiger partial charge is 0.507 e. The van der Waals surface area contributed by atoms with Crippen molar-refractivity contribution in [3.8, 4) is 17.2 Å². The molecule has 0 saturated carbocycles. The molecule has 3 aromatic carbocycles. The summed E-state index contributed by atoms with van der Waals surface area (Å²) in [5, 5.41) is 19.7. The van der Waals surface area contributed by atoms with Gasteiger partial charge in [-0.1, -0.05) is 54.6 Å². The van der Waals surface area contributed by atoms with Crippen LogP contribution in [0.5, 0.6) is 17.2 Å². The first-order chi connectivity index (χ1) is 13.2. The van der Waals surface area contributed by atoms with Gasteiger partial charge in [-0.25, -0.2) is 0 Å². The fourth-order valence-corrected chi connectivity index (χ4v) is 2.60. The fraction of sp³-hybridized carbons (Fsp3) is 0.0870. The summed E-state index contributed by atoms with van der Waals surface area (Å²) in [6, 6.07) is 20.5. The molecular formula is C23H21NO3. The van der Waals surface area contributed by atoms with Gasteiger partial charge < -0.3 is 14.9 Å². The second kappa shape index (κ2) is 8.72. The van der Waals surface area contributed by atoms with E-state index >= 15 is 0 Å². The van der Waals surface area contributed by atoms with Gasteiger partial charge >= 0.3 is 0 Å². The van der Waals surface area contributed by atoms with Crippen LogP contribution in [0, 0.1) is 0 Å². The van der Waals surface area contributed by atoms with Crippen molar-refractivity contribution < 1.29 is 14.9 Å². The SMILES string of the molecule is COc1cc(/C=C/c2ccc(O)c(C=NCc3ccccc3)c2)ccc1O. The maximum Gasteiger partial charge on any atom is 0.161 e. The smallest absolute Gasteiger partial charge is 0.161 e. The molecule has 0 unspecified atom stereocenters. The Morgan fingerprint density at radius 3 is 2.22 bits per heavy atom. The summed E-state index contributed by atoms with van der Waals surface area (Å²) in [5.74, 6) is 0.725. The van der Waals surface area contributed by atoms with Gasteiger partial charge in [0.15, 0.2) is 11.5 Å². The molecule has 0 aliphatic carbocycles. The highest BCUT2D eigenvalue weighted by molar-refractivity contribution is 5.85. The van der Waals surface area contributed by atoms with Crippen molar-refractivity contribution in [2.75, 3.05) is 7.11 Å². The van der Waals surface area contributed by atoms with Crippen molar-refractivity contribution in [1.29, 1.82) is 0 Å². The Bertz CT molecular complexity index is 963. The zero-order valence-electron chi connectivity index (χ0n) is 15.0. The Morgan fingerprint density at radius 1 is 0.852 bits per heavy atom. The second-order valence-corrected chi connectivity index (χ2v) is 6.04. The number of rotatable bonds is 6. The maximum absolute atomic E-state index is 10.1. The van der Waals surface area contributed by atoms with Gasteiger partial charge in [0.2, 0.25) is 0 Å². The molecule has 27 heavy (non-hydrogen) atoms. The lowest BCUT2D eigenvalue weighted by Gasteiger charge is -2.04. The first-order valence-corrected chi connectivity index (χ1v) is 8.57. The molecule has 4 nitrogen and oxygen atoms in total. The number of nitrogens with zero attached hydrogens (tertiary/aromatic N) is 1. The van der Waals surface area contributed by atoms with Crippen molar-refractivity contribution in [3.05, 3.63) is 89.0 Å². The topological polar surface area (TPSA) is 62.0 Å². The van der Waals surface area contributed by atoms with Crippen molar-refractivity contribution >= 4 is 18.4 Å². The zero-order chi connectivity index (χ0) is 19.1. The predicted octanol–water partition coefficient (Wildman–Crippen LogP) is 4.90. The standard InChI is InChI=1S/C23H21NO3/c1-27-23-14-18(10-12-22(23)26)8-7-17-9-11-21(25)20(13-17)16-24-15-19-5-3-2-4-6-19/h2-14,16,25-26H,15H2,1H3/b8-7+,24-16?. The van der Waals surface area contributed by atoms with Crippen LogP contribution in [0.2, 0.25) is 0 Å². The monoisotopic (exact) mass is 359 g/mol. The van der Waals surface area contributed by atoms with E-state index in [4.69, 9.17) is 4.74 Å². The van der Waals surface area contributed by atoms with E-state index in [2.05, 4.69) is 4.99 Å². The lowest BCUT2D eigenvalue weighted by Crippen LogP contribution is -1.87. The average molecular weight is 359 g/mol. The van der Waals surface area contributed by atoms with Gasteiger partial charge in [0.25, 0.3) is 0 Å². The van der Waals surface area contributed by atoms with Crippen LogP contribution >= 0.6 is 0 Å². The van der Waals surface area contributed by atoms with Crippen molar-refractivity contribution in [1.82, 2.24) is 0 Å². The average Bonchev–Trinajstić information content (AvgIpc) is 2.70. The minimum atomic E-state index is 0.108. The van der Waals surface area contributed by atoms with Crippen molar-refractivity contribution in [2.45, 2.75) is 6.54 Å². The summed E-state index contributed by atoms with van der Waals surface area (Å²) >= 11 is 0. The minimum Gasteiger partial charge on any atom is -0.507 e. The third-order valence-corrected chi connectivity index (χ3v) is 4.07. The summed E-state index contributed by atoms with van der Waals surface area (Å²) in [4.78, 5) is 4.41. The third-order valence-electron chi connectivity index (χ3n) is 4.07. The van der Waals surface area contributed by atoms with Gasteiger partial charge in [-0.05, 0) is 41.0 Å². The summed E-state index contributed by atoms with van der Waals surface area (Å²) in [6.07, 6.45) is 5.53. The molecule has 0 radical (unpaired) electrons. The van der Waals surface area contributed by atoms with E-state index in [1.54, 1.807) is 30.5 Å². The highest BCUT2D eigenvalue weighted by Crippen LogP contribution is 2.27. The van der Waals surface area contributed by atoms with E-state index < -0.39 is 0 Å². The van der Waals surface area contributed by atoms with E-state index in [9.17, 15) is 10.2 Å². The maximum atomic E-state index is 10.1. The molecule has 136 valence electrons. The summed E-state index contributed by atoms with van der Waals surface area (Å²) in [6.45, 7) is 0.563. The molecule has 0 fully saturated rings. The van der Waals surface area contributed by atoms with Gasteiger partial charge in [-0.2, -0.15) is 0 Å². The Balaban J connectivity index is 1.74. The normalized spacial score (nSPS) is 11.3. The third kappa shape index (κ3) is 4.98. The Labute approximate surface area is 158 Å². The fourth-order valence-electron chi connectivity index (χ4n) is 2.60. The summed E-state index contributed by atoms with van der Waals surface area (Å²) in [5.41, 5.74) is 3.61. The number of phenols is 2. The highest BCUT2D eigenvalue weighted by atomic mass is 16.5. The van der Waals surface area contributed by atoms with Crippen LogP contribution in [-0.4, -0.2) is 23.5 Å². The quantitative estimate of drug-likeness (QED) is 0.486. The van der Waals surface area contributed by atoms with Crippen LogP contribution < -0.4 is 4.74 Å².